The van der Waals surface area contributed by atoms with Crippen LogP contribution in [0.5, 0.6) is 5.75 Å². The Morgan fingerprint density at radius 1 is 0.775 bits per heavy atom. The van der Waals surface area contributed by atoms with Gasteiger partial charge in [-0.1, -0.05) is 103 Å². The van der Waals surface area contributed by atoms with E-state index in [2.05, 4.69) is 82.7 Å². The van der Waals surface area contributed by atoms with Gasteiger partial charge in [-0.2, -0.15) is 0 Å². The number of carboxylic acid groups (broad SMARTS) is 1. The minimum Gasteiger partial charge on any atom is -0.489 e. The summed E-state index contributed by atoms with van der Waals surface area (Å²) < 4.78 is 5.97. The zero-order valence-electron chi connectivity index (χ0n) is 22.2. The van der Waals surface area contributed by atoms with E-state index in [1.54, 1.807) is 5.38 Å². The predicted molar refractivity (Wildman–Crippen MR) is 160 cm³/mol. The average molecular weight is 549 g/mol. The Morgan fingerprint density at radius 2 is 1.38 bits per heavy atom. The van der Waals surface area contributed by atoms with E-state index in [0.29, 0.717) is 13.2 Å². The van der Waals surface area contributed by atoms with Crippen LogP contribution in [0.4, 0.5) is 0 Å². The highest BCUT2D eigenvalue weighted by Crippen LogP contribution is 2.29. The minimum atomic E-state index is -0.992. The Morgan fingerprint density at radius 3 is 1.95 bits per heavy atom. The minimum absolute atomic E-state index is 0.103. The molecule has 0 saturated heterocycles. The van der Waals surface area contributed by atoms with Gasteiger partial charge in [0.05, 0.1) is 6.54 Å². The molecule has 4 aromatic carbocycles. The number of benzene rings is 4. The van der Waals surface area contributed by atoms with E-state index in [-0.39, 0.29) is 11.6 Å². The van der Waals surface area contributed by atoms with Crippen molar-refractivity contribution in [2.75, 3.05) is 6.54 Å². The first-order valence-electron chi connectivity index (χ1n) is 13.4. The molecule has 0 unspecified atom stereocenters. The molecule has 0 aliphatic carbocycles. The fraction of sp³-hybridized carbons (Fsp3) is 0.176. The maximum atomic E-state index is 11.4. The van der Waals surface area contributed by atoms with Gasteiger partial charge in [0.25, 0.3) is 0 Å². The van der Waals surface area contributed by atoms with E-state index in [1.807, 2.05) is 42.5 Å². The van der Waals surface area contributed by atoms with Gasteiger partial charge in [-0.3, -0.25) is 4.90 Å². The molecule has 1 heterocycles. The van der Waals surface area contributed by atoms with Crippen molar-refractivity contribution < 1.29 is 14.6 Å². The quantitative estimate of drug-likeness (QED) is 0.164. The van der Waals surface area contributed by atoms with Crippen molar-refractivity contribution in [1.82, 2.24) is 9.88 Å². The van der Waals surface area contributed by atoms with Crippen LogP contribution in [0.3, 0.4) is 0 Å². The highest BCUT2D eigenvalue weighted by Gasteiger charge is 2.18. The maximum Gasteiger partial charge on any atom is 0.355 e. The van der Waals surface area contributed by atoms with E-state index >= 15 is 0 Å². The van der Waals surface area contributed by atoms with Crippen LogP contribution in [0.2, 0.25) is 0 Å². The molecule has 6 heteroatoms. The molecule has 5 aromatic rings. The van der Waals surface area contributed by atoms with Crippen molar-refractivity contribution in [3.8, 4) is 5.75 Å². The molecule has 0 aliphatic heterocycles. The van der Waals surface area contributed by atoms with Gasteiger partial charge in [-0.25, -0.2) is 9.78 Å². The Balaban J connectivity index is 1.31. The first-order valence-corrected chi connectivity index (χ1v) is 14.3. The van der Waals surface area contributed by atoms with Gasteiger partial charge in [-0.05, 0) is 47.4 Å². The van der Waals surface area contributed by atoms with Crippen LogP contribution in [-0.2, 0) is 19.7 Å². The Kier molecular flexibility index (Phi) is 9.35. The lowest BCUT2D eigenvalue weighted by molar-refractivity contribution is 0.0691. The second-order valence-electron chi connectivity index (χ2n) is 9.72. The first-order chi connectivity index (χ1) is 19.6. The lowest BCUT2D eigenvalue weighted by Crippen LogP contribution is -2.25. The zero-order valence-corrected chi connectivity index (χ0v) is 23.0. The summed E-state index contributed by atoms with van der Waals surface area (Å²) in [5.41, 5.74) is 4.98. The van der Waals surface area contributed by atoms with Gasteiger partial charge in [0.1, 0.15) is 17.4 Å². The van der Waals surface area contributed by atoms with Crippen LogP contribution < -0.4 is 4.74 Å². The molecule has 0 aliphatic rings. The van der Waals surface area contributed by atoms with Crippen molar-refractivity contribution in [3.05, 3.63) is 154 Å². The average Bonchev–Trinajstić information content (AvgIpc) is 3.47. The van der Waals surface area contributed by atoms with Crippen LogP contribution in [0.15, 0.2) is 121 Å². The molecule has 5 rings (SSSR count). The molecule has 0 spiro atoms. The van der Waals surface area contributed by atoms with E-state index in [1.165, 1.54) is 22.5 Å². The number of aromatic carboxylic acids is 1. The number of ether oxygens (including phenoxy) is 1. The monoisotopic (exact) mass is 548 g/mol. The fourth-order valence-electron chi connectivity index (χ4n) is 4.79. The number of rotatable bonds is 13. The SMILES string of the molecule is O=C(O)c1csc(CN(CCC(c2ccccc2)c2ccccc2)Cc2ccc(OCc3ccccc3)cc2)n1. The second-order valence-corrected chi connectivity index (χ2v) is 10.7. The lowest BCUT2D eigenvalue weighted by Gasteiger charge is -2.25. The van der Waals surface area contributed by atoms with Crippen LogP contribution >= 0.6 is 11.3 Å². The summed E-state index contributed by atoms with van der Waals surface area (Å²) in [7, 11) is 0. The normalized spacial score (nSPS) is 11.2. The summed E-state index contributed by atoms with van der Waals surface area (Å²) >= 11 is 1.40. The van der Waals surface area contributed by atoms with Gasteiger partial charge in [-0.15, -0.1) is 11.3 Å². The maximum absolute atomic E-state index is 11.4. The highest BCUT2D eigenvalue weighted by atomic mass is 32.1. The van der Waals surface area contributed by atoms with Crippen LogP contribution in [-0.4, -0.2) is 27.5 Å². The van der Waals surface area contributed by atoms with Crippen molar-refractivity contribution >= 4 is 17.3 Å². The van der Waals surface area contributed by atoms with E-state index in [0.717, 1.165) is 41.4 Å². The molecule has 0 bridgehead atoms. The molecule has 5 nitrogen and oxygen atoms in total. The topological polar surface area (TPSA) is 62.7 Å². The third-order valence-corrected chi connectivity index (χ3v) is 7.68. The molecule has 0 saturated carbocycles. The Hall–Kier alpha value is -4.26. The molecule has 1 N–H and O–H groups in total. The molecule has 0 amide bonds. The van der Waals surface area contributed by atoms with Crippen LogP contribution in [0.25, 0.3) is 0 Å². The Bertz CT molecular complexity index is 1430. The van der Waals surface area contributed by atoms with Gasteiger partial charge >= 0.3 is 5.97 Å². The smallest absolute Gasteiger partial charge is 0.355 e. The third kappa shape index (κ3) is 7.65. The van der Waals surface area contributed by atoms with Crippen molar-refractivity contribution in [1.29, 1.82) is 0 Å². The second kappa shape index (κ2) is 13.7. The third-order valence-electron chi connectivity index (χ3n) is 6.85. The number of thiazole rings is 1. The first kappa shape index (κ1) is 27.3. The number of carbonyl (C=O) groups is 1. The number of hydrogen-bond acceptors (Lipinski definition) is 5. The van der Waals surface area contributed by atoms with E-state index in [4.69, 9.17) is 4.74 Å². The number of aromatic nitrogens is 1. The fourth-order valence-corrected chi connectivity index (χ4v) is 5.59. The highest BCUT2D eigenvalue weighted by molar-refractivity contribution is 7.09. The summed E-state index contributed by atoms with van der Waals surface area (Å²) in [6.45, 7) is 2.66. The van der Waals surface area contributed by atoms with Crippen LogP contribution in [0.1, 0.15) is 50.1 Å². The molecule has 0 fully saturated rings. The molecular weight excluding hydrogens is 516 g/mol. The molecule has 0 radical (unpaired) electrons. The summed E-state index contributed by atoms with van der Waals surface area (Å²) in [4.78, 5) is 18.1. The predicted octanol–water partition coefficient (Wildman–Crippen LogP) is 7.64. The molecular formula is C34H32N2O3S. The van der Waals surface area contributed by atoms with Gasteiger partial charge in [0.2, 0.25) is 0 Å². The summed E-state index contributed by atoms with van der Waals surface area (Å²) in [6.07, 6.45) is 0.920. The van der Waals surface area contributed by atoms with Crippen molar-refractivity contribution in [3.63, 3.8) is 0 Å². The van der Waals surface area contributed by atoms with E-state index < -0.39 is 5.97 Å². The molecule has 202 valence electrons. The van der Waals surface area contributed by atoms with Crippen molar-refractivity contribution in [2.45, 2.75) is 32.0 Å². The van der Waals surface area contributed by atoms with Gasteiger partial charge < -0.3 is 9.84 Å². The zero-order chi connectivity index (χ0) is 27.6. The number of hydrogen-bond donors (Lipinski definition) is 1. The molecule has 0 atom stereocenters. The lowest BCUT2D eigenvalue weighted by atomic mass is 9.88. The number of nitrogens with zero attached hydrogens (tertiary/aromatic N) is 2. The van der Waals surface area contributed by atoms with Crippen LogP contribution in [0, 0.1) is 0 Å². The molecule has 1 aromatic heterocycles. The van der Waals surface area contributed by atoms with E-state index in [9.17, 15) is 9.90 Å². The summed E-state index contributed by atoms with van der Waals surface area (Å²) in [5.74, 6) is 0.0938. The molecule has 40 heavy (non-hydrogen) atoms. The standard InChI is InChI=1S/C34H32N2O3S/c37-34(38)32-25-40-33(35-32)23-36(21-20-31(28-12-6-2-7-13-28)29-14-8-3-9-15-29)22-26-16-18-30(19-17-26)39-24-27-10-4-1-5-11-27/h1-19,25,31H,20-24H2,(H,37,38). The number of carboxylic acids is 1. The largest absolute Gasteiger partial charge is 0.489 e. The van der Waals surface area contributed by atoms with Gasteiger partial charge in [0.15, 0.2) is 5.69 Å². The summed E-state index contributed by atoms with van der Waals surface area (Å²) in [6, 6.07) is 39.6. The summed E-state index contributed by atoms with van der Waals surface area (Å²) in [5, 5.41) is 11.8. The Labute approximate surface area is 239 Å². The van der Waals surface area contributed by atoms with Gasteiger partial charge in [0, 0.05) is 17.8 Å². The van der Waals surface area contributed by atoms with Crippen molar-refractivity contribution in [2.24, 2.45) is 0 Å².